The summed E-state index contributed by atoms with van der Waals surface area (Å²) in [6.45, 7) is 14.4. The monoisotopic (exact) mass is 441 g/mol. The Hall–Kier alpha value is -3.02. The lowest BCUT2D eigenvalue weighted by molar-refractivity contribution is -0.142. The molecule has 0 heterocycles. The topological polar surface area (TPSA) is 73.9 Å². The van der Waals surface area contributed by atoms with E-state index in [1.54, 1.807) is 0 Å². The normalized spacial score (nSPS) is 11.1. The fourth-order valence-corrected chi connectivity index (χ4v) is 3.49. The Morgan fingerprint density at radius 1 is 1.03 bits per heavy atom. The zero-order valence-electron chi connectivity index (χ0n) is 20.3. The minimum Gasteiger partial charge on any atom is -0.494 e. The van der Waals surface area contributed by atoms with Crippen LogP contribution in [0.5, 0.6) is 5.75 Å². The van der Waals surface area contributed by atoms with Gasteiger partial charge in [-0.25, -0.2) is 4.79 Å². The molecule has 0 atom stereocenters. The number of benzene rings is 2. The maximum Gasteiger partial charge on any atom is 0.407 e. The van der Waals surface area contributed by atoms with Crippen molar-refractivity contribution < 1.29 is 23.8 Å². The van der Waals surface area contributed by atoms with Crippen LogP contribution in [0.15, 0.2) is 30.3 Å². The van der Waals surface area contributed by atoms with Crippen molar-refractivity contribution >= 4 is 12.1 Å². The van der Waals surface area contributed by atoms with Crippen LogP contribution in [0, 0.1) is 20.8 Å². The van der Waals surface area contributed by atoms with E-state index in [-0.39, 0.29) is 12.6 Å². The van der Waals surface area contributed by atoms with Crippen molar-refractivity contribution in [2.75, 3.05) is 13.2 Å². The number of hydrogen-bond acceptors (Lipinski definition) is 5. The van der Waals surface area contributed by atoms with Crippen molar-refractivity contribution in [3.8, 4) is 16.9 Å². The minimum atomic E-state index is -0.504. The molecule has 0 unspecified atom stereocenters. The van der Waals surface area contributed by atoms with Crippen LogP contribution >= 0.6 is 0 Å². The number of carbonyl (C=O) groups excluding carboxylic acids is 2. The van der Waals surface area contributed by atoms with E-state index >= 15 is 0 Å². The Morgan fingerprint density at radius 3 is 2.28 bits per heavy atom. The summed E-state index contributed by atoms with van der Waals surface area (Å²) in [5.74, 6) is 0.514. The number of nitrogens with one attached hydrogen (secondary N) is 1. The van der Waals surface area contributed by atoms with Crippen molar-refractivity contribution in [1.82, 2.24) is 5.32 Å². The Kier molecular flexibility index (Phi) is 8.70. The highest BCUT2D eigenvalue weighted by molar-refractivity contribution is 5.75. The predicted molar refractivity (Wildman–Crippen MR) is 126 cm³/mol. The highest BCUT2D eigenvalue weighted by atomic mass is 16.6. The lowest BCUT2D eigenvalue weighted by atomic mass is 9.90. The van der Waals surface area contributed by atoms with E-state index in [0.29, 0.717) is 19.6 Å². The highest BCUT2D eigenvalue weighted by Gasteiger charge is 2.16. The standard InChI is InChI=1S/C26H35NO5/c1-17-14-22(30-13-9-12-27-25(29)32-26(5,6)7)15-18(2)24(17)23-11-8-10-21(19(23)3)16-31-20(4)28/h8,10-11,14-15H,9,12-13,16H2,1-7H3,(H,27,29). The molecular formula is C26H35NO5. The van der Waals surface area contributed by atoms with Gasteiger partial charge in [-0.1, -0.05) is 18.2 Å². The predicted octanol–water partition coefficient (Wildman–Crippen LogP) is 5.64. The molecule has 0 aliphatic carbocycles. The van der Waals surface area contributed by atoms with Crippen LogP contribution < -0.4 is 10.1 Å². The molecule has 0 aromatic heterocycles. The fraction of sp³-hybridized carbons (Fsp3) is 0.462. The second kappa shape index (κ2) is 11.0. The first kappa shape index (κ1) is 25.2. The Balaban J connectivity index is 2.01. The second-order valence-electron chi connectivity index (χ2n) is 8.93. The number of ether oxygens (including phenoxy) is 3. The van der Waals surface area contributed by atoms with E-state index in [1.165, 1.54) is 6.92 Å². The lowest BCUT2D eigenvalue weighted by Gasteiger charge is -2.19. The van der Waals surface area contributed by atoms with Crippen LogP contribution in [-0.4, -0.2) is 30.8 Å². The van der Waals surface area contributed by atoms with Crippen molar-refractivity contribution in [3.05, 3.63) is 52.6 Å². The van der Waals surface area contributed by atoms with Gasteiger partial charge in [-0.3, -0.25) is 4.79 Å². The summed E-state index contributed by atoms with van der Waals surface area (Å²) in [4.78, 5) is 22.9. The average Bonchev–Trinajstić information content (AvgIpc) is 2.66. The molecule has 6 nitrogen and oxygen atoms in total. The molecule has 0 fully saturated rings. The smallest absolute Gasteiger partial charge is 0.407 e. The van der Waals surface area contributed by atoms with E-state index in [2.05, 4.69) is 32.2 Å². The zero-order valence-corrected chi connectivity index (χ0v) is 20.3. The minimum absolute atomic E-state index is 0.269. The third-order valence-corrected chi connectivity index (χ3v) is 4.91. The summed E-state index contributed by atoms with van der Waals surface area (Å²) in [6, 6.07) is 10.1. The van der Waals surface area contributed by atoms with Crippen molar-refractivity contribution in [2.45, 2.75) is 67.1 Å². The highest BCUT2D eigenvalue weighted by Crippen LogP contribution is 2.34. The first-order valence-corrected chi connectivity index (χ1v) is 10.9. The fourth-order valence-electron chi connectivity index (χ4n) is 3.49. The molecule has 0 aliphatic heterocycles. The summed E-state index contributed by atoms with van der Waals surface area (Å²) < 4.78 is 16.3. The largest absolute Gasteiger partial charge is 0.494 e. The van der Waals surface area contributed by atoms with E-state index in [9.17, 15) is 9.59 Å². The Morgan fingerprint density at radius 2 is 1.69 bits per heavy atom. The molecule has 32 heavy (non-hydrogen) atoms. The van der Waals surface area contributed by atoms with Crippen LogP contribution in [0.3, 0.4) is 0 Å². The third kappa shape index (κ3) is 7.59. The summed E-state index contributed by atoms with van der Waals surface area (Å²) in [5, 5.41) is 2.74. The number of hydrogen-bond donors (Lipinski definition) is 1. The van der Waals surface area contributed by atoms with Gasteiger partial charge in [0.25, 0.3) is 0 Å². The van der Waals surface area contributed by atoms with Crippen LogP contribution in [0.1, 0.15) is 56.4 Å². The molecule has 0 spiro atoms. The maximum atomic E-state index is 11.7. The first-order chi connectivity index (χ1) is 15.0. The molecular weight excluding hydrogens is 406 g/mol. The quantitative estimate of drug-likeness (QED) is 0.424. The second-order valence-corrected chi connectivity index (χ2v) is 8.93. The van der Waals surface area contributed by atoms with Gasteiger partial charge < -0.3 is 19.5 Å². The molecule has 0 aliphatic rings. The summed E-state index contributed by atoms with van der Waals surface area (Å²) in [5.41, 5.74) is 6.09. The Bertz CT molecular complexity index is 936. The van der Waals surface area contributed by atoms with E-state index in [0.717, 1.165) is 39.1 Å². The molecule has 0 radical (unpaired) electrons. The van der Waals surface area contributed by atoms with Crippen LogP contribution in [0.25, 0.3) is 11.1 Å². The van der Waals surface area contributed by atoms with Crippen LogP contribution in [0.2, 0.25) is 0 Å². The van der Waals surface area contributed by atoms with Crippen molar-refractivity contribution in [1.29, 1.82) is 0 Å². The van der Waals surface area contributed by atoms with Crippen LogP contribution in [0.4, 0.5) is 4.79 Å². The van der Waals surface area contributed by atoms with E-state index in [4.69, 9.17) is 14.2 Å². The van der Waals surface area contributed by atoms with Gasteiger partial charge in [-0.15, -0.1) is 0 Å². The van der Waals surface area contributed by atoms with Gasteiger partial charge in [0.2, 0.25) is 0 Å². The van der Waals surface area contributed by atoms with Gasteiger partial charge in [0.1, 0.15) is 18.0 Å². The number of rotatable bonds is 8. The van der Waals surface area contributed by atoms with E-state index < -0.39 is 11.7 Å². The summed E-state index contributed by atoms with van der Waals surface area (Å²) in [7, 11) is 0. The third-order valence-electron chi connectivity index (χ3n) is 4.91. The number of aryl methyl sites for hydroxylation is 2. The van der Waals surface area contributed by atoms with Gasteiger partial charge in [0, 0.05) is 13.5 Å². The van der Waals surface area contributed by atoms with Gasteiger partial charge in [0.05, 0.1) is 6.61 Å². The molecule has 2 rings (SSSR count). The van der Waals surface area contributed by atoms with Gasteiger partial charge >= 0.3 is 12.1 Å². The van der Waals surface area contributed by atoms with Crippen molar-refractivity contribution in [2.24, 2.45) is 0 Å². The molecule has 6 heteroatoms. The molecule has 174 valence electrons. The van der Waals surface area contributed by atoms with Gasteiger partial charge in [-0.05, 0) is 93.5 Å². The number of esters is 1. The zero-order chi connectivity index (χ0) is 23.9. The van der Waals surface area contributed by atoms with Crippen molar-refractivity contribution in [3.63, 3.8) is 0 Å². The molecule has 0 saturated carbocycles. The van der Waals surface area contributed by atoms with Gasteiger partial charge in [-0.2, -0.15) is 0 Å². The molecule has 0 bridgehead atoms. The number of carbonyl (C=O) groups is 2. The van der Waals surface area contributed by atoms with E-state index in [1.807, 2.05) is 45.0 Å². The summed E-state index contributed by atoms with van der Waals surface area (Å²) >= 11 is 0. The molecule has 0 saturated heterocycles. The molecule has 1 amide bonds. The molecule has 2 aromatic rings. The molecule has 2 aromatic carbocycles. The van der Waals surface area contributed by atoms with Crippen LogP contribution in [-0.2, 0) is 20.9 Å². The number of amides is 1. The maximum absolute atomic E-state index is 11.7. The average molecular weight is 442 g/mol. The number of alkyl carbamates (subject to hydrolysis) is 1. The molecule has 1 N–H and O–H groups in total. The summed E-state index contributed by atoms with van der Waals surface area (Å²) in [6.07, 6.45) is 0.260. The Labute approximate surface area is 191 Å². The first-order valence-electron chi connectivity index (χ1n) is 10.9. The lowest BCUT2D eigenvalue weighted by Crippen LogP contribution is -2.33. The van der Waals surface area contributed by atoms with Gasteiger partial charge in [0.15, 0.2) is 0 Å². The SMILES string of the molecule is CC(=O)OCc1cccc(-c2c(C)cc(OCCCNC(=O)OC(C)(C)C)cc2C)c1C.